The normalized spacial score (nSPS) is 11.4. The van der Waals surface area contributed by atoms with Crippen molar-refractivity contribution in [3.63, 3.8) is 0 Å². The van der Waals surface area contributed by atoms with Crippen molar-refractivity contribution in [1.82, 2.24) is 5.32 Å². The summed E-state index contributed by atoms with van der Waals surface area (Å²) in [6.07, 6.45) is 3.09. The summed E-state index contributed by atoms with van der Waals surface area (Å²) < 4.78 is 5.63. The van der Waals surface area contributed by atoms with E-state index in [9.17, 15) is 4.79 Å². The average Bonchev–Trinajstić information content (AvgIpc) is 2.42. The predicted octanol–water partition coefficient (Wildman–Crippen LogP) is 2.74. The van der Waals surface area contributed by atoms with E-state index in [1.54, 1.807) is 0 Å². The molecule has 1 aromatic carbocycles. The van der Waals surface area contributed by atoms with Crippen molar-refractivity contribution in [3.8, 4) is 5.75 Å². The van der Waals surface area contributed by atoms with E-state index in [0.29, 0.717) is 6.54 Å². The fourth-order valence-electron chi connectivity index (χ4n) is 2.13. The largest absolute Gasteiger partial charge is 0.483 e. The summed E-state index contributed by atoms with van der Waals surface area (Å²) in [5.74, 6) is 0.680. The van der Waals surface area contributed by atoms with Crippen molar-refractivity contribution >= 4 is 18.3 Å². The molecule has 0 saturated carbocycles. The lowest BCUT2D eigenvalue weighted by molar-refractivity contribution is -0.123. The zero-order valence-corrected chi connectivity index (χ0v) is 14.0. The second-order valence-corrected chi connectivity index (χ2v) is 5.15. The first kappa shape index (κ1) is 19.7. The smallest absolute Gasteiger partial charge is 0.258 e. The zero-order valence-electron chi connectivity index (χ0n) is 13.1. The van der Waals surface area contributed by atoms with E-state index in [-0.39, 0.29) is 31.0 Å². The first-order valence-corrected chi connectivity index (χ1v) is 7.27. The first-order valence-electron chi connectivity index (χ1n) is 7.27. The van der Waals surface area contributed by atoms with Crippen LogP contribution in [0.4, 0.5) is 0 Å². The van der Waals surface area contributed by atoms with Crippen LogP contribution < -0.4 is 15.8 Å². The maximum Gasteiger partial charge on any atom is 0.258 e. The fraction of sp³-hybridized carbons (Fsp3) is 0.562. The molecule has 0 radical (unpaired) electrons. The van der Waals surface area contributed by atoms with Gasteiger partial charge in [-0.3, -0.25) is 4.79 Å². The van der Waals surface area contributed by atoms with Gasteiger partial charge < -0.3 is 15.8 Å². The highest BCUT2D eigenvalue weighted by Crippen LogP contribution is 2.21. The van der Waals surface area contributed by atoms with Crippen LogP contribution in [0.5, 0.6) is 5.75 Å². The van der Waals surface area contributed by atoms with Gasteiger partial charge in [-0.15, -0.1) is 12.4 Å². The van der Waals surface area contributed by atoms with E-state index in [0.717, 1.165) is 36.1 Å². The van der Waals surface area contributed by atoms with Crippen LogP contribution in [0.2, 0.25) is 0 Å². The Morgan fingerprint density at radius 2 is 1.95 bits per heavy atom. The summed E-state index contributed by atoms with van der Waals surface area (Å²) >= 11 is 0. The molecule has 0 aromatic heterocycles. The van der Waals surface area contributed by atoms with Crippen molar-refractivity contribution in [2.24, 2.45) is 5.73 Å². The monoisotopic (exact) mass is 314 g/mol. The lowest BCUT2D eigenvalue weighted by Gasteiger charge is -2.17. The van der Waals surface area contributed by atoms with Crippen molar-refractivity contribution in [1.29, 1.82) is 0 Å². The van der Waals surface area contributed by atoms with E-state index in [1.807, 2.05) is 32.0 Å². The molecule has 4 nitrogen and oxygen atoms in total. The van der Waals surface area contributed by atoms with Crippen molar-refractivity contribution in [2.45, 2.75) is 46.1 Å². The zero-order chi connectivity index (χ0) is 15.0. The second kappa shape index (κ2) is 10.5. The van der Waals surface area contributed by atoms with Gasteiger partial charge in [0.25, 0.3) is 5.91 Å². The molecule has 0 bridgehead atoms. The molecule has 0 spiro atoms. The van der Waals surface area contributed by atoms with Gasteiger partial charge in [0.2, 0.25) is 0 Å². The number of benzene rings is 1. The molecular weight excluding hydrogens is 288 g/mol. The van der Waals surface area contributed by atoms with Crippen LogP contribution in [0.3, 0.4) is 0 Å². The number of carbonyl (C=O) groups excluding carboxylic acids is 1. The Labute approximate surface area is 133 Å². The molecular formula is C16H27ClN2O2. The maximum atomic E-state index is 11.9. The summed E-state index contributed by atoms with van der Waals surface area (Å²) in [6.45, 7) is 6.58. The van der Waals surface area contributed by atoms with E-state index in [1.165, 1.54) is 0 Å². The quantitative estimate of drug-likeness (QED) is 0.775. The molecule has 5 heteroatoms. The number of nitrogens with two attached hydrogens (primary N) is 1. The van der Waals surface area contributed by atoms with Gasteiger partial charge in [-0.2, -0.15) is 0 Å². The van der Waals surface area contributed by atoms with Crippen LogP contribution >= 0.6 is 12.4 Å². The molecule has 0 aliphatic heterocycles. The van der Waals surface area contributed by atoms with Crippen molar-refractivity contribution in [3.05, 3.63) is 29.3 Å². The number of halogens is 1. The van der Waals surface area contributed by atoms with E-state index < -0.39 is 0 Å². The molecule has 1 rings (SSSR count). The maximum absolute atomic E-state index is 11.9. The Bertz CT molecular complexity index is 418. The molecule has 120 valence electrons. The molecule has 0 fully saturated rings. The molecule has 3 N–H and O–H groups in total. The number of para-hydroxylation sites is 1. The van der Waals surface area contributed by atoms with Gasteiger partial charge in [0.1, 0.15) is 5.75 Å². The molecule has 1 amide bonds. The Morgan fingerprint density at radius 3 is 2.48 bits per heavy atom. The van der Waals surface area contributed by atoms with Crippen LogP contribution in [-0.4, -0.2) is 25.1 Å². The highest BCUT2D eigenvalue weighted by Gasteiger charge is 2.12. The lowest BCUT2D eigenvalue weighted by atomic mass is 10.1. The second-order valence-electron chi connectivity index (χ2n) is 5.15. The number of ether oxygens (including phenoxy) is 1. The summed E-state index contributed by atoms with van der Waals surface area (Å²) in [6, 6.07) is 5.98. The number of hydrogen-bond donors (Lipinski definition) is 2. The Balaban J connectivity index is 0.00000400. The lowest BCUT2D eigenvalue weighted by Crippen LogP contribution is -2.42. The minimum Gasteiger partial charge on any atom is -0.483 e. The number of unbranched alkanes of at least 4 members (excludes halogenated alkanes) is 1. The van der Waals surface area contributed by atoms with Gasteiger partial charge in [-0.1, -0.05) is 38.0 Å². The minimum atomic E-state index is -0.112. The SMILES string of the molecule is CCCCC(CN)NC(=O)COc1c(C)cccc1C.Cl. The third-order valence-corrected chi connectivity index (χ3v) is 3.31. The number of hydrogen-bond acceptors (Lipinski definition) is 3. The molecule has 1 atom stereocenters. The first-order chi connectivity index (χ1) is 9.58. The van der Waals surface area contributed by atoms with Gasteiger partial charge in [-0.25, -0.2) is 0 Å². The molecule has 0 saturated heterocycles. The van der Waals surface area contributed by atoms with Crippen LogP contribution in [0, 0.1) is 13.8 Å². The van der Waals surface area contributed by atoms with E-state index >= 15 is 0 Å². The van der Waals surface area contributed by atoms with Crippen LogP contribution in [0.1, 0.15) is 37.3 Å². The van der Waals surface area contributed by atoms with E-state index in [4.69, 9.17) is 10.5 Å². The summed E-state index contributed by atoms with van der Waals surface area (Å²) in [5.41, 5.74) is 7.74. The fourth-order valence-corrected chi connectivity index (χ4v) is 2.13. The Kier molecular flexibility index (Phi) is 9.84. The number of amides is 1. The molecule has 21 heavy (non-hydrogen) atoms. The Morgan fingerprint density at radius 1 is 1.33 bits per heavy atom. The number of aryl methyl sites for hydroxylation is 2. The number of nitrogens with one attached hydrogen (secondary N) is 1. The predicted molar refractivity (Wildman–Crippen MR) is 89.2 cm³/mol. The minimum absolute atomic E-state index is 0. The third-order valence-electron chi connectivity index (χ3n) is 3.31. The van der Waals surface area contributed by atoms with Gasteiger partial charge in [0, 0.05) is 12.6 Å². The summed E-state index contributed by atoms with van der Waals surface area (Å²) in [4.78, 5) is 11.9. The molecule has 1 aromatic rings. The van der Waals surface area contributed by atoms with E-state index in [2.05, 4.69) is 12.2 Å². The summed E-state index contributed by atoms with van der Waals surface area (Å²) in [5, 5.41) is 2.92. The molecule has 1 unspecified atom stereocenters. The van der Waals surface area contributed by atoms with Gasteiger partial charge in [0.15, 0.2) is 6.61 Å². The highest BCUT2D eigenvalue weighted by atomic mass is 35.5. The summed E-state index contributed by atoms with van der Waals surface area (Å²) in [7, 11) is 0. The third kappa shape index (κ3) is 6.82. The topological polar surface area (TPSA) is 64.3 Å². The van der Waals surface area contributed by atoms with Crippen LogP contribution in [0.25, 0.3) is 0 Å². The highest BCUT2D eigenvalue weighted by molar-refractivity contribution is 5.85. The van der Waals surface area contributed by atoms with Crippen LogP contribution in [0.15, 0.2) is 18.2 Å². The van der Waals surface area contributed by atoms with Crippen molar-refractivity contribution in [2.75, 3.05) is 13.2 Å². The molecule has 0 heterocycles. The number of rotatable bonds is 8. The van der Waals surface area contributed by atoms with Gasteiger partial charge in [0.05, 0.1) is 0 Å². The Hall–Kier alpha value is -1.26. The standard InChI is InChI=1S/C16H26N2O2.ClH/c1-4-5-9-14(10-17)18-15(19)11-20-16-12(2)7-6-8-13(16)3;/h6-8,14H,4-5,9-11,17H2,1-3H3,(H,18,19);1H. The molecule has 0 aliphatic rings. The molecule has 0 aliphatic carbocycles. The number of carbonyl (C=O) groups is 1. The average molecular weight is 315 g/mol. The van der Waals surface area contributed by atoms with Gasteiger partial charge in [-0.05, 0) is 31.4 Å². The van der Waals surface area contributed by atoms with Crippen LogP contribution in [-0.2, 0) is 4.79 Å². The van der Waals surface area contributed by atoms with Crippen molar-refractivity contribution < 1.29 is 9.53 Å². The van der Waals surface area contributed by atoms with Gasteiger partial charge >= 0.3 is 0 Å².